The minimum atomic E-state index is -4.73. The number of halogens is 4. The molecule has 7 heteroatoms. The van der Waals surface area contributed by atoms with Crippen LogP contribution in [0.1, 0.15) is 23.6 Å². The van der Waals surface area contributed by atoms with Gasteiger partial charge in [-0.15, -0.1) is 0 Å². The molecule has 4 N–H and O–H groups in total. The van der Waals surface area contributed by atoms with Crippen LogP contribution in [-0.4, -0.2) is 24.8 Å². The number of aliphatic hydroxyl groups is 1. The van der Waals surface area contributed by atoms with Gasteiger partial charge in [0.05, 0.1) is 5.56 Å². The van der Waals surface area contributed by atoms with Crippen molar-refractivity contribution in [2.75, 3.05) is 19.7 Å². The molecule has 0 aromatic heterocycles. The lowest BCUT2D eigenvalue weighted by molar-refractivity contribution is -0.140. The molecular formula is C12H16F4N2O. The summed E-state index contributed by atoms with van der Waals surface area (Å²) in [5.41, 5.74) is 4.46. The highest BCUT2D eigenvalue weighted by Crippen LogP contribution is 2.32. The van der Waals surface area contributed by atoms with Crippen LogP contribution in [0.5, 0.6) is 0 Å². The molecule has 1 unspecified atom stereocenters. The normalized spacial score (nSPS) is 13.6. The van der Waals surface area contributed by atoms with Gasteiger partial charge in [-0.1, -0.05) is 6.07 Å². The van der Waals surface area contributed by atoms with E-state index in [1.165, 1.54) is 6.07 Å². The van der Waals surface area contributed by atoms with Crippen LogP contribution in [0.3, 0.4) is 0 Å². The van der Waals surface area contributed by atoms with E-state index in [-0.39, 0.29) is 18.7 Å². The van der Waals surface area contributed by atoms with Crippen LogP contribution >= 0.6 is 0 Å². The van der Waals surface area contributed by atoms with Crippen molar-refractivity contribution in [3.05, 3.63) is 35.1 Å². The molecule has 0 saturated heterocycles. The first-order valence-electron chi connectivity index (χ1n) is 5.81. The van der Waals surface area contributed by atoms with E-state index in [2.05, 4.69) is 5.32 Å². The monoisotopic (exact) mass is 280 g/mol. The Kier molecular flexibility index (Phi) is 5.71. The Labute approximate surface area is 108 Å². The van der Waals surface area contributed by atoms with Gasteiger partial charge < -0.3 is 16.2 Å². The van der Waals surface area contributed by atoms with E-state index in [1.54, 1.807) is 0 Å². The SMILES string of the molecule is NCC(NCCCO)c1ccc(F)c(C(F)(F)F)c1. The molecule has 1 aromatic carbocycles. The third-order valence-corrected chi connectivity index (χ3v) is 2.66. The maximum atomic E-state index is 13.1. The van der Waals surface area contributed by atoms with Gasteiger partial charge in [-0.25, -0.2) is 4.39 Å². The number of rotatable bonds is 6. The Morgan fingerprint density at radius 2 is 2.00 bits per heavy atom. The summed E-state index contributed by atoms with van der Waals surface area (Å²) in [5.74, 6) is -1.30. The Balaban J connectivity index is 2.93. The molecule has 0 aliphatic carbocycles. The largest absolute Gasteiger partial charge is 0.419 e. The van der Waals surface area contributed by atoms with Crippen LogP contribution in [0.15, 0.2) is 18.2 Å². The summed E-state index contributed by atoms with van der Waals surface area (Å²) in [6.45, 7) is 0.465. The first kappa shape index (κ1) is 15.9. The summed E-state index contributed by atoms with van der Waals surface area (Å²) in [5, 5.41) is 11.5. The van der Waals surface area contributed by atoms with Crippen molar-refractivity contribution in [2.45, 2.75) is 18.6 Å². The van der Waals surface area contributed by atoms with Crippen LogP contribution in [0, 0.1) is 5.82 Å². The van der Waals surface area contributed by atoms with Gasteiger partial charge in [-0.2, -0.15) is 13.2 Å². The van der Waals surface area contributed by atoms with E-state index in [0.717, 1.165) is 12.1 Å². The maximum Gasteiger partial charge on any atom is 0.419 e. The molecule has 0 heterocycles. The summed E-state index contributed by atoms with van der Waals surface area (Å²) >= 11 is 0. The summed E-state index contributed by atoms with van der Waals surface area (Å²) in [7, 11) is 0. The van der Waals surface area contributed by atoms with Gasteiger partial charge >= 0.3 is 6.18 Å². The predicted molar refractivity (Wildman–Crippen MR) is 62.9 cm³/mol. The van der Waals surface area contributed by atoms with Crippen molar-refractivity contribution < 1.29 is 22.7 Å². The fraction of sp³-hybridized carbons (Fsp3) is 0.500. The summed E-state index contributed by atoms with van der Waals surface area (Å²) in [6, 6.07) is 2.31. The third-order valence-electron chi connectivity index (χ3n) is 2.66. The van der Waals surface area contributed by atoms with E-state index in [9.17, 15) is 17.6 Å². The molecule has 1 aromatic rings. The van der Waals surface area contributed by atoms with E-state index < -0.39 is 23.6 Å². The van der Waals surface area contributed by atoms with E-state index in [0.29, 0.717) is 13.0 Å². The molecule has 108 valence electrons. The van der Waals surface area contributed by atoms with Crippen molar-refractivity contribution in [1.29, 1.82) is 0 Å². The molecule has 0 aliphatic rings. The number of hydrogen-bond donors (Lipinski definition) is 3. The number of aliphatic hydroxyl groups excluding tert-OH is 1. The van der Waals surface area contributed by atoms with Crippen LogP contribution < -0.4 is 11.1 Å². The average molecular weight is 280 g/mol. The fourth-order valence-electron chi connectivity index (χ4n) is 1.67. The van der Waals surface area contributed by atoms with Gasteiger partial charge in [-0.3, -0.25) is 0 Å². The zero-order valence-electron chi connectivity index (χ0n) is 10.2. The minimum absolute atomic E-state index is 0.0263. The van der Waals surface area contributed by atoms with Crippen LogP contribution in [-0.2, 0) is 6.18 Å². The molecular weight excluding hydrogens is 264 g/mol. The average Bonchev–Trinajstić information content (AvgIpc) is 2.34. The van der Waals surface area contributed by atoms with Crippen molar-refractivity contribution in [2.24, 2.45) is 5.73 Å². The molecule has 0 radical (unpaired) electrons. The first-order valence-corrected chi connectivity index (χ1v) is 5.81. The van der Waals surface area contributed by atoms with Crippen molar-refractivity contribution >= 4 is 0 Å². The fourth-order valence-corrected chi connectivity index (χ4v) is 1.67. The van der Waals surface area contributed by atoms with Gasteiger partial charge in [-0.05, 0) is 30.7 Å². The number of benzene rings is 1. The zero-order chi connectivity index (χ0) is 14.5. The molecule has 0 amide bonds. The maximum absolute atomic E-state index is 13.1. The lowest BCUT2D eigenvalue weighted by Gasteiger charge is -2.19. The second-order valence-corrected chi connectivity index (χ2v) is 4.06. The molecule has 0 aliphatic heterocycles. The number of nitrogens with two attached hydrogens (primary N) is 1. The smallest absolute Gasteiger partial charge is 0.396 e. The predicted octanol–water partition coefficient (Wildman–Crippen LogP) is 1.82. The van der Waals surface area contributed by atoms with Crippen LogP contribution in [0.2, 0.25) is 0 Å². The molecule has 0 bridgehead atoms. The van der Waals surface area contributed by atoms with Gasteiger partial charge in [0.15, 0.2) is 0 Å². The molecule has 3 nitrogen and oxygen atoms in total. The quantitative estimate of drug-likeness (QED) is 0.550. The van der Waals surface area contributed by atoms with E-state index in [1.807, 2.05) is 0 Å². The molecule has 0 saturated carbocycles. The minimum Gasteiger partial charge on any atom is -0.396 e. The number of nitrogens with one attached hydrogen (secondary N) is 1. The van der Waals surface area contributed by atoms with E-state index in [4.69, 9.17) is 10.8 Å². The van der Waals surface area contributed by atoms with Gasteiger partial charge in [0.1, 0.15) is 5.82 Å². The Bertz CT molecular complexity index is 409. The lowest BCUT2D eigenvalue weighted by atomic mass is 10.0. The third kappa shape index (κ3) is 4.45. The standard InChI is InChI=1S/C12H16F4N2O/c13-10-3-2-8(6-9(10)12(14,15)16)11(7-17)18-4-1-5-19/h2-3,6,11,18-19H,1,4-5,7,17H2. The second kappa shape index (κ2) is 6.83. The van der Waals surface area contributed by atoms with Gasteiger partial charge in [0, 0.05) is 19.2 Å². The van der Waals surface area contributed by atoms with Crippen LogP contribution in [0.25, 0.3) is 0 Å². The molecule has 0 spiro atoms. The van der Waals surface area contributed by atoms with Crippen LogP contribution in [0.4, 0.5) is 17.6 Å². The number of alkyl halides is 3. The zero-order valence-corrected chi connectivity index (χ0v) is 10.2. The highest BCUT2D eigenvalue weighted by molar-refractivity contribution is 5.29. The highest BCUT2D eigenvalue weighted by atomic mass is 19.4. The van der Waals surface area contributed by atoms with Crippen molar-refractivity contribution in [3.63, 3.8) is 0 Å². The topological polar surface area (TPSA) is 58.3 Å². The Morgan fingerprint density at radius 3 is 2.53 bits per heavy atom. The van der Waals surface area contributed by atoms with Crippen molar-refractivity contribution in [3.8, 4) is 0 Å². The van der Waals surface area contributed by atoms with E-state index >= 15 is 0 Å². The molecule has 19 heavy (non-hydrogen) atoms. The first-order chi connectivity index (χ1) is 8.90. The highest BCUT2D eigenvalue weighted by Gasteiger charge is 2.34. The number of hydrogen-bond acceptors (Lipinski definition) is 3. The summed E-state index contributed by atoms with van der Waals surface area (Å²) in [4.78, 5) is 0. The summed E-state index contributed by atoms with van der Waals surface area (Å²) < 4.78 is 50.9. The Hall–Kier alpha value is -1.18. The lowest BCUT2D eigenvalue weighted by Crippen LogP contribution is -2.29. The summed E-state index contributed by atoms with van der Waals surface area (Å²) in [6.07, 6.45) is -4.27. The van der Waals surface area contributed by atoms with Gasteiger partial charge in [0.2, 0.25) is 0 Å². The Morgan fingerprint density at radius 1 is 1.32 bits per heavy atom. The molecule has 1 atom stereocenters. The van der Waals surface area contributed by atoms with Crippen molar-refractivity contribution in [1.82, 2.24) is 5.32 Å². The van der Waals surface area contributed by atoms with Gasteiger partial charge in [0.25, 0.3) is 0 Å². The molecule has 1 rings (SSSR count). The molecule has 0 fully saturated rings. The second-order valence-electron chi connectivity index (χ2n) is 4.06.